The molecule has 0 aliphatic carbocycles. The third-order valence-corrected chi connectivity index (χ3v) is 4.92. The summed E-state index contributed by atoms with van der Waals surface area (Å²) in [5.41, 5.74) is 1.01. The second-order valence-corrected chi connectivity index (χ2v) is 6.90. The molecule has 1 fully saturated rings. The van der Waals surface area contributed by atoms with Gasteiger partial charge in [0.15, 0.2) is 0 Å². The van der Waals surface area contributed by atoms with Crippen LogP contribution in [0.1, 0.15) is 44.7 Å². The van der Waals surface area contributed by atoms with Crippen molar-refractivity contribution in [2.75, 3.05) is 26.2 Å². The molecule has 5 heteroatoms. The highest BCUT2D eigenvalue weighted by molar-refractivity contribution is 5.74. The van der Waals surface area contributed by atoms with E-state index in [4.69, 9.17) is 0 Å². The summed E-state index contributed by atoms with van der Waals surface area (Å²) in [4.78, 5) is 14.7. The van der Waals surface area contributed by atoms with Crippen LogP contribution in [0.4, 0.5) is 4.79 Å². The summed E-state index contributed by atoms with van der Waals surface area (Å²) >= 11 is 0. The minimum atomic E-state index is -0.172. The molecule has 24 heavy (non-hydrogen) atoms. The van der Waals surface area contributed by atoms with E-state index in [1.54, 1.807) is 0 Å². The fourth-order valence-corrected chi connectivity index (χ4v) is 3.18. The average molecular weight is 333 g/mol. The number of nitrogens with one attached hydrogen (secondary N) is 2. The van der Waals surface area contributed by atoms with Crippen LogP contribution < -0.4 is 10.6 Å². The van der Waals surface area contributed by atoms with E-state index >= 15 is 0 Å². The van der Waals surface area contributed by atoms with E-state index in [-0.39, 0.29) is 18.7 Å². The Hall–Kier alpha value is -1.59. The van der Waals surface area contributed by atoms with Crippen LogP contribution in [0.3, 0.4) is 0 Å². The van der Waals surface area contributed by atoms with Gasteiger partial charge in [0.2, 0.25) is 0 Å². The predicted octanol–water partition coefficient (Wildman–Crippen LogP) is 2.53. The van der Waals surface area contributed by atoms with Crippen LogP contribution in [-0.2, 0) is 0 Å². The maximum atomic E-state index is 12.2. The molecule has 2 amide bonds. The van der Waals surface area contributed by atoms with Gasteiger partial charge in [0.1, 0.15) is 0 Å². The van der Waals surface area contributed by atoms with E-state index in [1.165, 1.54) is 12.8 Å². The number of aliphatic hydroxyl groups excluding tert-OH is 1. The Bertz CT molecular complexity index is 487. The lowest BCUT2D eigenvalue weighted by Crippen LogP contribution is -2.48. The number of likely N-dealkylation sites (tertiary alicyclic amines) is 1. The summed E-state index contributed by atoms with van der Waals surface area (Å²) in [6.45, 7) is 7.38. The Balaban J connectivity index is 1.78. The van der Waals surface area contributed by atoms with Crippen LogP contribution in [0.25, 0.3) is 0 Å². The Morgan fingerprint density at radius 2 is 1.96 bits per heavy atom. The molecule has 0 radical (unpaired) electrons. The van der Waals surface area contributed by atoms with Crippen LogP contribution in [0.5, 0.6) is 0 Å². The molecule has 1 aliphatic heterocycles. The SMILES string of the molecule is CC1CCN(C(C)CNC(=O)N[C@H](CCO)c2ccccc2)CC1. The fraction of sp³-hybridized carbons (Fsp3) is 0.632. The van der Waals surface area contributed by atoms with E-state index in [0.717, 1.165) is 24.6 Å². The summed E-state index contributed by atoms with van der Waals surface area (Å²) in [6.07, 6.45) is 2.99. The molecule has 0 bridgehead atoms. The lowest BCUT2D eigenvalue weighted by molar-refractivity contribution is 0.145. The molecule has 1 aromatic carbocycles. The van der Waals surface area contributed by atoms with Crippen LogP contribution in [0.15, 0.2) is 30.3 Å². The monoisotopic (exact) mass is 333 g/mol. The number of hydrogen-bond acceptors (Lipinski definition) is 3. The van der Waals surface area contributed by atoms with Crippen LogP contribution in [0.2, 0.25) is 0 Å². The second-order valence-electron chi connectivity index (χ2n) is 6.90. The molecule has 1 heterocycles. The van der Waals surface area contributed by atoms with Crippen molar-refractivity contribution < 1.29 is 9.90 Å². The molecule has 1 unspecified atom stereocenters. The molecule has 2 rings (SSSR count). The Morgan fingerprint density at radius 1 is 1.29 bits per heavy atom. The Labute approximate surface area is 145 Å². The third kappa shape index (κ3) is 5.80. The van der Waals surface area contributed by atoms with Crippen molar-refractivity contribution in [1.82, 2.24) is 15.5 Å². The van der Waals surface area contributed by atoms with Crippen molar-refractivity contribution in [2.45, 2.75) is 45.2 Å². The first-order valence-electron chi connectivity index (χ1n) is 9.04. The number of nitrogens with zero attached hydrogens (tertiary/aromatic N) is 1. The van der Waals surface area contributed by atoms with E-state index in [9.17, 15) is 9.90 Å². The topological polar surface area (TPSA) is 64.6 Å². The van der Waals surface area contributed by atoms with E-state index in [1.807, 2.05) is 30.3 Å². The van der Waals surface area contributed by atoms with Crippen molar-refractivity contribution in [3.8, 4) is 0 Å². The Kier molecular flexibility index (Phi) is 7.53. The quantitative estimate of drug-likeness (QED) is 0.718. The van der Waals surface area contributed by atoms with Crippen molar-refractivity contribution in [1.29, 1.82) is 0 Å². The van der Waals surface area contributed by atoms with Crippen LogP contribution in [-0.4, -0.2) is 48.3 Å². The normalized spacial score (nSPS) is 18.8. The number of rotatable bonds is 7. The zero-order valence-electron chi connectivity index (χ0n) is 14.9. The second kappa shape index (κ2) is 9.64. The molecular weight excluding hydrogens is 302 g/mol. The molecule has 134 valence electrons. The van der Waals surface area contributed by atoms with Gasteiger partial charge < -0.3 is 15.7 Å². The molecule has 0 spiro atoms. The summed E-state index contributed by atoms with van der Waals surface area (Å²) in [5, 5.41) is 15.2. The number of carbonyl (C=O) groups is 1. The number of carbonyl (C=O) groups excluding carboxylic acids is 1. The molecule has 0 aromatic heterocycles. The van der Waals surface area contributed by atoms with Crippen molar-refractivity contribution in [2.24, 2.45) is 5.92 Å². The number of benzene rings is 1. The summed E-state index contributed by atoms with van der Waals surface area (Å²) in [5.74, 6) is 0.815. The smallest absolute Gasteiger partial charge is 0.315 e. The van der Waals surface area contributed by atoms with Gasteiger partial charge in [-0.2, -0.15) is 0 Å². The highest BCUT2D eigenvalue weighted by Crippen LogP contribution is 2.18. The van der Waals surface area contributed by atoms with Crippen molar-refractivity contribution in [3.63, 3.8) is 0 Å². The number of hydrogen-bond donors (Lipinski definition) is 3. The average Bonchev–Trinajstić information content (AvgIpc) is 2.60. The van der Waals surface area contributed by atoms with Gasteiger partial charge in [0.05, 0.1) is 6.04 Å². The van der Waals surface area contributed by atoms with Gasteiger partial charge in [-0.15, -0.1) is 0 Å². The summed E-state index contributed by atoms with van der Waals surface area (Å²) in [6, 6.07) is 9.78. The molecule has 0 saturated carbocycles. The van der Waals surface area contributed by atoms with Gasteiger partial charge in [-0.05, 0) is 50.8 Å². The van der Waals surface area contributed by atoms with E-state index in [2.05, 4.69) is 29.4 Å². The van der Waals surface area contributed by atoms with Crippen molar-refractivity contribution >= 4 is 6.03 Å². The minimum absolute atomic E-state index is 0.0439. The number of aliphatic hydroxyl groups is 1. The fourth-order valence-electron chi connectivity index (χ4n) is 3.18. The van der Waals surface area contributed by atoms with Gasteiger partial charge >= 0.3 is 6.03 Å². The molecular formula is C19H31N3O2. The summed E-state index contributed by atoms with van der Waals surface area (Å²) in [7, 11) is 0. The molecule has 1 aliphatic rings. The maximum absolute atomic E-state index is 12.2. The zero-order valence-corrected chi connectivity index (χ0v) is 14.9. The first-order valence-corrected chi connectivity index (χ1v) is 9.04. The molecule has 1 aromatic rings. The predicted molar refractivity (Wildman–Crippen MR) is 96.9 cm³/mol. The first-order chi connectivity index (χ1) is 11.6. The zero-order chi connectivity index (χ0) is 17.4. The number of urea groups is 1. The maximum Gasteiger partial charge on any atom is 0.315 e. The lowest BCUT2D eigenvalue weighted by atomic mass is 9.98. The van der Waals surface area contributed by atoms with Gasteiger partial charge in [0.25, 0.3) is 0 Å². The molecule has 3 N–H and O–H groups in total. The van der Waals surface area contributed by atoms with Gasteiger partial charge in [-0.3, -0.25) is 4.90 Å². The Morgan fingerprint density at radius 3 is 2.58 bits per heavy atom. The van der Waals surface area contributed by atoms with E-state index in [0.29, 0.717) is 19.0 Å². The minimum Gasteiger partial charge on any atom is -0.396 e. The standard InChI is InChI=1S/C19H31N3O2/c1-15-8-11-22(12-9-15)16(2)14-20-19(24)21-18(10-13-23)17-6-4-3-5-7-17/h3-7,15-16,18,23H,8-14H2,1-2H3,(H2,20,21,24)/t16?,18-/m1/s1. The number of amides is 2. The number of piperidine rings is 1. The molecule has 1 saturated heterocycles. The molecule has 5 nitrogen and oxygen atoms in total. The third-order valence-electron chi connectivity index (χ3n) is 4.92. The lowest BCUT2D eigenvalue weighted by Gasteiger charge is -2.35. The highest BCUT2D eigenvalue weighted by Gasteiger charge is 2.21. The van der Waals surface area contributed by atoms with E-state index < -0.39 is 0 Å². The van der Waals surface area contributed by atoms with Crippen LogP contribution >= 0.6 is 0 Å². The molecule has 2 atom stereocenters. The van der Waals surface area contributed by atoms with Crippen LogP contribution in [0, 0.1) is 5.92 Å². The van der Waals surface area contributed by atoms with Crippen molar-refractivity contribution in [3.05, 3.63) is 35.9 Å². The van der Waals surface area contributed by atoms with Gasteiger partial charge in [-0.25, -0.2) is 4.79 Å². The highest BCUT2D eigenvalue weighted by atomic mass is 16.3. The largest absolute Gasteiger partial charge is 0.396 e. The van der Waals surface area contributed by atoms with Gasteiger partial charge in [-0.1, -0.05) is 37.3 Å². The first kappa shape index (κ1) is 18.7. The van der Waals surface area contributed by atoms with Gasteiger partial charge in [0, 0.05) is 19.2 Å². The summed E-state index contributed by atoms with van der Waals surface area (Å²) < 4.78 is 0.